The number of aromatic nitrogens is 1. The highest BCUT2D eigenvalue weighted by atomic mass is 16.3. The predicted octanol–water partition coefficient (Wildman–Crippen LogP) is 1.90. The summed E-state index contributed by atoms with van der Waals surface area (Å²) in [6.45, 7) is 4.86. The minimum atomic E-state index is -0.411. The lowest BCUT2D eigenvalue weighted by Gasteiger charge is -2.36. The molecule has 1 aromatic rings. The molecule has 2 N–H and O–H groups in total. The van der Waals surface area contributed by atoms with Crippen molar-refractivity contribution in [1.82, 2.24) is 9.88 Å². The van der Waals surface area contributed by atoms with Crippen molar-refractivity contribution in [2.24, 2.45) is 0 Å². The number of aliphatic hydroxyl groups is 1. The van der Waals surface area contributed by atoms with Crippen LogP contribution in [0.5, 0.6) is 0 Å². The average molecular weight is 222 g/mol. The van der Waals surface area contributed by atoms with Crippen LogP contribution in [0.3, 0.4) is 0 Å². The van der Waals surface area contributed by atoms with Gasteiger partial charge in [0.2, 0.25) is 0 Å². The minimum Gasteiger partial charge on any atom is -0.389 e. The third kappa shape index (κ3) is 2.86. The van der Waals surface area contributed by atoms with Gasteiger partial charge in [0, 0.05) is 32.0 Å². The van der Waals surface area contributed by atoms with Crippen LogP contribution in [0, 0.1) is 0 Å². The number of rotatable bonds is 6. The van der Waals surface area contributed by atoms with Crippen LogP contribution >= 0.6 is 0 Å². The normalized spacial score (nSPS) is 18.4. The van der Waals surface area contributed by atoms with Crippen LogP contribution in [-0.2, 0) is 13.1 Å². The van der Waals surface area contributed by atoms with Gasteiger partial charge in [-0.15, -0.1) is 0 Å². The summed E-state index contributed by atoms with van der Waals surface area (Å²) in [5.74, 6) is 0. The standard InChI is InChI=1S/C13H22N2O/c1-2-7-15-8-4-12(10-15)9-14-11-13(16)5-3-6-13/h4,8,10,14,16H,2-3,5-7,9,11H2,1H3. The van der Waals surface area contributed by atoms with Gasteiger partial charge in [0.1, 0.15) is 0 Å². The van der Waals surface area contributed by atoms with Crippen LogP contribution in [0.4, 0.5) is 0 Å². The SMILES string of the molecule is CCCn1ccc(CNCC2(O)CCC2)c1. The largest absolute Gasteiger partial charge is 0.389 e. The molecule has 0 spiro atoms. The van der Waals surface area contributed by atoms with E-state index in [0.717, 1.165) is 32.5 Å². The Labute approximate surface area is 97.5 Å². The molecule has 0 unspecified atom stereocenters. The molecule has 0 aromatic carbocycles. The van der Waals surface area contributed by atoms with Crippen molar-refractivity contribution in [3.05, 3.63) is 24.0 Å². The molecule has 0 saturated heterocycles. The first-order valence-electron chi connectivity index (χ1n) is 6.30. The Bertz CT molecular complexity index is 328. The smallest absolute Gasteiger partial charge is 0.0771 e. The Morgan fingerprint density at radius 1 is 1.50 bits per heavy atom. The molecule has 0 amide bonds. The summed E-state index contributed by atoms with van der Waals surface area (Å²) in [5, 5.41) is 13.2. The van der Waals surface area contributed by atoms with Gasteiger partial charge in [0.05, 0.1) is 5.60 Å². The van der Waals surface area contributed by atoms with Crippen LogP contribution in [-0.4, -0.2) is 21.8 Å². The molecule has 1 aromatic heterocycles. The van der Waals surface area contributed by atoms with Crippen LogP contribution in [0.2, 0.25) is 0 Å². The summed E-state index contributed by atoms with van der Waals surface area (Å²) < 4.78 is 2.22. The lowest BCUT2D eigenvalue weighted by molar-refractivity contribution is -0.0314. The molecule has 1 aliphatic carbocycles. The summed E-state index contributed by atoms with van der Waals surface area (Å²) in [6.07, 6.45) is 8.56. The average Bonchev–Trinajstić information content (AvgIpc) is 2.64. The number of aryl methyl sites for hydroxylation is 1. The molecule has 2 rings (SSSR count). The molecule has 0 atom stereocenters. The maximum Gasteiger partial charge on any atom is 0.0771 e. The van der Waals surface area contributed by atoms with Gasteiger partial charge >= 0.3 is 0 Å². The van der Waals surface area contributed by atoms with Crippen LogP contribution in [0.15, 0.2) is 18.5 Å². The summed E-state index contributed by atoms with van der Waals surface area (Å²) in [5.41, 5.74) is 0.891. The van der Waals surface area contributed by atoms with Crippen molar-refractivity contribution >= 4 is 0 Å². The molecule has 1 fully saturated rings. The van der Waals surface area contributed by atoms with Gasteiger partial charge < -0.3 is 15.0 Å². The first-order valence-corrected chi connectivity index (χ1v) is 6.30. The molecule has 3 nitrogen and oxygen atoms in total. The van der Waals surface area contributed by atoms with E-state index in [-0.39, 0.29) is 0 Å². The molecule has 1 aliphatic rings. The van der Waals surface area contributed by atoms with Crippen molar-refractivity contribution in [1.29, 1.82) is 0 Å². The fourth-order valence-corrected chi connectivity index (χ4v) is 2.19. The zero-order chi connectivity index (χ0) is 11.4. The van der Waals surface area contributed by atoms with E-state index in [2.05, 4.69) is 35.3 Å². The van der Waals surface area contributed by atoms with E-state index < -0.39 is 5.60 Å². The lowest BCUT2D eigenvalue weighted by Crippen LogP contribution is -2.45. The number of hydrogen-bond donors (Lipinski definition) is 2. The molecular formula is C13H22N2O. The summed E-state index contributed by atoms with van der Waals surface area (Å²) in [4.78, 5) is 0. The number of nitrogens with one attached hydrogen (secondary N) is 1. The highest BCUT2D eigenvalue weighted by molar-refractivity contribution is 5.10. The fraction of sp³-hybridized carbons (Fsp3) is 0.692. The molecule has 16 heavy (non-hydrogen) atoms. The second kappa shape index (κ2) is 5.02. The van der Waals surface area contributed by atoms with Crippen LogP contribution in [0.25, 0.3) is 0 Å². The monoisotopic (exact) mass is 222 g/mol. The highest BCUT2D eigenvalue weighted by Crippen LogP contribution is 2.30. The first-order chi connectivity index (χ1) is 7.72. The van der Waals surface area contributed by atoms with E-state index in [9.17, 15) is 5.11 Å². The van der Waals surface area contributed by atoms with E-state index >= 15 is 0 Å². The van der Waals surface area contributed by atoms with Gasteiger partial charge in [-0.25, -0.2) is 0 Å². The molecule has 1 heterocycles. The maximum absolute atomic E-state index is 9.91. The number of hydrogen-bond acceptors (Lipinski definition) is 2. The first kappa shape index (κ1) is 11.7. The van der Waals surface area contributed by atoms with Gasteiger partial charge in [-0.2, -0.15) is 0 Å². The van der Waals surface area contributed by atoms with E-state index in [1.54, 1.807) is 0 Å². The third-order valence-corrected chi connectivity index (χ3v) is 3.36. The minimum absolute atomic E-state index is 0.411. The van der Waals surface area contributed by atoms with Crippen molar-refractivity contribution in [2.75, 3.05) is 6.54 Å². The second-order valence-corrected chi connectivity index (χ2v) is 4.94. The fourth-order valence-electron chi connectivity index (χ4n) is 2.19. The molecule has 90 valence electrons. The Morgan fingerprint density at radius 2 is 2.31 bits per heavy atom. The molecule has 0 radical (unpaired) electrons. The number of nitrogens with zero attached hydrogens (tertiary/aromatic N) is 1. The summed E-state index contributed by atoms with van der Waals surface area (Å²) in [6, 6.07) is 2.15. The Hall–Kier alpha value is -0.800. The molecular weight excluding hydrogens is 200 g/mol. The molecule has 0 bridgehead atoms. The topological polar surface area (TPSA) is 37.2 Å². The van der Waals surface area contributed by atoms with Crippen molar-refractivity contribution in [3.63, 3.8) is 0 Å². The van der Waals surface area contributed by atoms with Crippen LogP contribution < -0.4 is 5.32 Å². The van der Waals surface area contributed by atoms with Gasteiger partial charge in [-0.05, 0) is 37.3 Å². The van der Waals surface area contributed by atoms with Gasteiger partial charge in [-0.1, -0.05) is 6.92 Å². The van der Waals surface area contributed by atoms with Crippen molar-refractivity contribution in [3.8, 4) is 0 Å². The van der Waals surface area contributed by atoms with Crippen molar-refractivity contribution in [2.45, 2.75) is 51.3 Å². The van der Waals surface area contributed by atoms with E-state index in [4.69, 9.17) is 0 Å². The zero-order valence-corrected chi connectivity index (χ0v) is 10.1. The Balaban J connectivity index is 1.72. The van der Waals surface area contributed by atoms with E-state index in [0.29, 0.717) is 0 Å². The van der Waals surface area contributed by atoms with E-state index in [1.807, 2.05) is 0 Å². The summed E-state index contributed by atoms with van der Waals surface area (Å²) in [7, 11) is 0. The molecule has 3 heteroatoms. The Morgan fingerprint density at radius 3 is 2.94 bits per heavy atom. The predicted molar refractivity (Wildman–Crippen MR) is 65.2 cm³/mol. The summed E-state index contributed by atoms with van der Waals surface area (Å²) >= 11 is 0. The maximum atomic E-state index is 9.91. The van der Waals surface area contributed by atoms with Gasteiger partial charge in [0.15, 0.2) is 0 Å². The second-order valence-electron chi connectivity index (χ2n) is 4.94. The third-order valence-electron chi connectivity index (χ3n) is 3.36. The van der Waals surface area contributed by atoms with E-state index in [1.165, 1.54) is 18.4 Å². The zero-order valence-electron chi connectivity index (χ0n) is 10.1. The van der Waals surface area contributed by atoms with Crippen molar-refractivity contribution < 1.29 is 5.11 Å². The van der Waals surface area contributed by atoms with Gasteiger partial charge in [-0.3, -0.25) is 0 Å². The lowest BCUT2D eigenvalue weighted by atomic mass is 9.80. The quantitative estimate of drug-likeness (QED) is 0.771. The van der Waals surface area contributed by atoms with Crippen LogP contribution in [0.1, 0.15) is 38.2 Å². The highest BCUT2D eigenvalue weighted by Gasteiger charge is 2.33. The Kier molecular flexibility index (Phi) is 3.66. The molecule has 0 aliphatic heterocycles. The van der Waals surface area contributed by atoms with Gasteiger partial charge in [0.25, 0.3) is 0 Å². The molecule has 1 saturated carbocycles.